The molecule has 1 unspecified atom stereocenters. The first-order valence-corrected chi connectivity index (χ1v) is 6.23. The number of nitrogens with one attached hydrogen (secondary N) is 1. The molecule has 0 saturated heterocycles. The molecule has 3 N–H and O–H groups in total. The molecule has 1 atom stereocenters. The normalized spacial score (nSPS) is 11.8. The number of hydrogen-bond donors (Lipinski definition) is 2. The Kier molecular flexibility index (Phi) is 6.39. The largest absolute Gasteiger partial charge is 0.329 e. The average Bonchev–Trinajstić information content (AvgIpc) is 2.34. The Balaban J connectivity index is 2.71. The fraction of sp³-hybridized carbons (Fsp3) is 0.385. The SMILES string of the molecule is CC#CCCNC(CN)c1cccc(Cl)c1Cl. The summed E-state index contributed by atoms with van der Waals surface area (Å²) in [6.45, 7) is 3.08. The third-order valence-corrected chi connectivity index (χ3v) is 3.24. The molecule has 2 nitrogen and oxygen atoms in total. The molecule has 0 saturated carbocycles. The first kappa shape index (κ1) is 14.3. The van der Waals surface area contributed by atoms with E-state index in [1.54, 1.807) is 6.07 Å². The third-order valence-electron chi connectivity index (χ3n) is 2.41. The van der Waals surface area contributed by atoms with Gasteiger partial charge in [-0.3, -0.25) is 0 Å². The first-order chi connectivity index (χ1) is 8.20. The van der Waals surface area contributed by atoms with Crippen LogP contribution in [0.3, 0.4) is 0 Å². The van der Waals surface area contributed by atoms with Gasteiger partial charge in [-0.05, 0) is 18.6 Å². The Labute approximate surface area is 112 Å². The summed E-state index contributed by atoms with van der Waals surface area (Å²) in [4.78, 5) is 0. The summed E-state index contributed by atoms with van der Waals surface area (Å²) >= 11 is 12.1. The van der Waals surface area contributed by atoms with E-state index >= 15 is 0 Å². The van der Waals surface area contributed by atoms with Gasteiger partial charge in [0, 0.05) is 25.6 Å². The van der Waals surface area contributed by atoms with Crippen molar-refractivity contribution in [3.05, 3.63) is 33.8 Å². The molecule has 0 aliphatic heterocycles. The smallest absolute Gasteiger partial charge is 0.0640 e. The van der Waals surface area contributed by atoms with Crippen LogP contribution < -0.4 is 11.1 Å². The summed E-state index contributed by atoms with van der Waals surface area (Å²) in [5, 5.41) is 4.44. The minimum absolute atomic E-state index is 0.0138. The molecule has 0 aliphatic carbocycles. The van der Waals surface area contributed by atoms with Crippen molar-refractivity contribution < 1.29 is 0 Å². The molecule has 1 aromatic rings. The zero-order valence-corrected chi connectivity index (χ0v) is 11.3. The van der Waals surface area contributed by atoms with E-state index in [-0.39, 0.29) is 6.04 Å². The molecule has 92 valence electrons. The van der Waals surface area contributed by atoms with Crippen LogP contribution in [0.5, 0.6) is 0 Å². The highest BCUT2D eigenvalue weighted by Gasteiger charge is 2.13. The highest BCUT2D eigenvalue weighted by molar-refractivity contribution is 6.42. The van der Waals surface area contributed by atoms with Crippen LogP contribution in [0.15, 0.2) is 18.2 Å². The molecule has 1 aromatic carbocycles. The van der Waals surface area contributed by atoms with Crippen LogP contribution in [0.25, 0.3) is 0 Å². The van der Waals surface area contributed by atoms with E-state index in [4.69, 9.17) is 28.9 Å². The van der Waals surface area contributed by atoms with Gasteiger partial charge in [0.05, 0.1) is 10.0 Å². The molecule has 1 rings (SSSR count). The maximum Gasteiger partial charge on any atom is 0.0640 e. The summed E-state index contributed by atoms with van der Waals surface area (Å²) in [5.74, 6) is 5.84. The van der Waals surface area contributed by atoms with E-state index in [1.165, 1.54) is 0 Å². The van der Waals surface area contributed by atoms with E-state index in [0.717, 1.165) is 18.5 Å². The van der Waals surface area contributed by atoms with Gasteiger partial charge in [0.2, 0.25) is 0 Å². The topological polar surface area (TPSA) is 38.0 Å². The highest BCUT2D eigenvalue weighted by atomic mass is 35.5. The van der Waals surface area contributed by atoms with Crippen LogP contribution in [0.4, 0.5) is 0 Å². The summed E-state index contributed by atoms with van der Waals surface area (Å²) in [7, 11) is 0. The summed E-state index contributed by atoms with van der Waals surface area (Å²) < 4.78 is 0. The lowest BCUT2D eigenvalue weighted by molar-refractivity contribution is 0.551. The lowest BCUT2D eigenvalue weighted by Gasteiger charge is -2.18. The lowest BCUT2D eigenvalue weighted by atomic mass is 10.1. The van der Waals surface area contributed by atoms with Crippen molar-refractivity contribution in [2.24, 2.45) is 5.73 Å². The number of benzene rings is 1. The van der Waals surface area contributed by atoms with Crippen molar-refractivity contribution in [3.8, 4) is 11.8 Å². The molecule has 0 spiro atoms. The molecule has 0 amide bonds. The number of rotatable bonds is 5. The van der Waals surface area contributed by atoms with Crippen molar-refractivity contribution in [2.45, 2.75) is 19.4 Å². The minimum atomic E-state index is 0.0138. The monoisotopic (exact) mass is 270 g/mol. The predicted octanol–water partition coefficient (Wildman–Crippen LogP) is 3.00. The Hall–Kier alpha value is -0.720. The molecular formula is C13H16Cl2N2. The summed E-state index contributed by atoms with van der Waals surface area (Å²) in [6, 6.07) is 5.59. The van der Waals surface area contributed by atoms with E-state index in [1.807, 2.05) is 19.1 Å². The van der Waals surface area contributed by atoms with Crippen molar-refractivity contribution in [2.75, 3.05) is 13.1 Å². The van der Waals surface area contributed by atoms with Gasteiger partial charge in [0.25, 0.3) is 0 Å². The van der Waals surface area contributed by atoms with Gasteiger partial charge >= 0.3 is 0 Å². The van der Waals surface area contributed by atoms with Gasteiger partial charge in [0.1, 0.15) is 0 Å². The molecule has 17 heavy (non-hydrogen) atoms. The molecule has 0 heterocycles. The molecular weight excluding hydrogens is 255 g/mol. The third kappa shape index (κ3) is 4.22. The number of nitrogens with two attached hydrogens (primary N) is 1. The second-order valence-corrected chi connectivity index (χ2v) is 4.35. The fourth-order valence-electron chi connectivity index (χ4n) is 1.54. The van der Waals surface area contributed by atoms with E-state index in [0.29, 0.717) is 16.6 Å². The fourth-order valence-corrected chi connectivity index (χ4v) is 1.98. The zero-order valence-electron chi connectivity index (χ0n) is 9.76. The molecule has 0 aliphatic rings. The molecule has 4 heteroatoms. The highest BCUT2D eigenvalue weighted by Crippen LogP contribution is 2.29. The van der Waals surface area contributed by atoms with Gasteiger partial charge in [-0.1, -0.05) is 35.3 Å². The standard InChI is InChI=1S/C13H16Cl2N2/c1-2-3-4-8-17-12(9-16)10-6-5-7-11(14)13(10)15/h5-7,12,17H,4,8-9,16H2,1H3. The second-order valence-electron chi connectivity index (χ2n) is 3.56. The van der Waals surface area contributed by atoms with E-state index in [2.05, 4.69) is 17.2 Å². The van der Waals surface area contributed by atoms with Gasteiger partial charge in [-0.15, -0.1) is 11.8 Å². The van der Waals surface area contributed by atoms with Crippen molar-refractivity contribution >= 4 is 23.2 Å². The second kappa shape index (κ2) is 7.58. The predicted molar refractivity (Wildman–Crippen MR) is 74.3 cm³/mol. The van der Waals surface area contributed by atoms with Crippen LogP contribution in [0, 0.1) is 11.8 Å². The summed E-state index contributed by atoms with van der Waals surface area (Å²) in [5.41, 5.74) is 6.67. The average molecular weight is 271 g/mol. The van der Waals surface area contributed by atoms with Gasteiger partial charge in [-0.25, -0.2) is 0 Å². The zero-order chi connectivity index (χ0) is 12.7. The first-order valence-electron chi connectivity index (χ1n) is 5.47. The van der Waals surface area contributed by atoms with Crippen LogP contribution in [0.1, 0.15) is 24.9 Å². The maximum absolute atomic E-state index is 6.15. The molecule has 0 fully saturated rings. The van der Waals surface area contributed by atoms with Gasteiger partial charge in [0.15, 0.2) is 0 Å². The minimum Gasteiger partial charge on any atom is -0.329 e. The lowest BCUT2D eigenvalue weighted by Crippen LogP contribution is -2.29. The van der Waals surface area contributed by atoms with Crippen molar-refractivity contribution in [1.29, 1.82) is 0 Å². The maximum atomic E-state index is 6.15. The Morgan fingerprint density at radius 3 is 2.82 bits per heavy atom. The van der Waals surface area contributed by atoms with Crippen molar-refractivity contribution in [1.82, 2.24) is 5.32 Å². The summed E-state index contributed by atoms with van der Waals surface area (Å²) in [6.07, 6.45) is 0.797. The van der Waals surface area contributed by atoms with Crippen LogP contribution in [-0.2, 0) is 0 Å². The van der Waals surface area contributed by atoms with Gasteiger partial charge in [-0.2, -0.15) is 0 Å². The van der Waals surface area contributed by atoms with Crippen molar-refractivity contribution in [3.63, 3.8) is 0 Å². The molecule has 0 bridgehead atoms. The number of hydrogen-bond acceptors (Lipinski definition) is 2. The van der Waals surface area contributed by atoms with Gasteiger partial charge < -0.3 is 11.1 Å². The van der Waals surface area contributed by atoms with Crippen LogP contribution in [-0.4, -0.2) is 13.1 Å². The van der Waals surface area contributed by atoms with E-state index in [9.17, 15) is 0 Å². The Morgan fingerprint density at radius 2 is 2.18 bits per heavy atom. The van der Waals surface area contributed by atoms with Crippen LogP contribution in [0.2, 0.25) is 10.0 Å². The Morgan fingerprint density at radius 1 is 1.41 bits per heavy atom. The molecule has 0 aromatic heterocycles. The molecule has 0 radical (unpaired) electrons. The van der Waals surface area contributed by atoms with E-state index < -0.39 is 0 Å². The van der Waals surface area contributed by atoms with Crippen LogP contribution >= 0.6 is 23.2 Å². The Bertz CT molecular complexity index is 421. The number of halogens is 2. The quantitative estimate of drug-likeness (QED) is 0.638.